The highest BCUT2D eigenvalue weighted by atomic mass is 32.1. The lowest BCUT2D eigenvalue weighted by Crippen LogP contribution is -2.46. The second kappa shape index (κ2) is 4.88. The summed E-state index contributed by atoms with van der Waals surface area (Å²) in [5.74, 6) is -0.869. The summed E-state index contributed by atoms with van der Waals surface area (Å²) in [6, 6.07) is -0.647. The van der Waals surface area contributed by atoms with Crippen LogP contribution in [0.4, 0.5) is 0 Å². The van der Waals surface area contributed by atoms with Crippen LogP contribution in [0.1, 0.15) is 42.6 Å². The Morgan fingerprint density at radius 3 is 2.84 bits per heavy atom. The van der Waals surface area contributed by atoms with E-state index < -0.39 is 12.0 Å². The van der Waals surface area contributed by atoms with Gasteiger partial charge in [0.05, 0.1) is 17.9 Å². The van der Waals surface area contributed by atoms with Crippen LogP contribution < -0.4 is 0 Å². The first-order valence-corrected chi connectivity index (χ1v) is 7.24. The van der Waals surface area contributed by atoms with Crippen LogP contribution in [0.3, 0.4) is 0 Å². The molecule has 19 heavy (non-hydrogen) atoms. The minimum atomic E-state index is -0.911. The number of hydrogen-bond acceptors (Lipinski definition) is 5. The molecule has 0 radical (unpaired) electrons. The Kier molecular flexibility index (Phi) is 3.22. The highest BCUT2D eigenvalue weighted by Crippen LogP contribution is 2.40. The van der Waals surface area contributed by atoms with E-state index in [9.17, 15) is 14.7 Å². The van der Waals surface area contributed by atoms with Crippen LogP contribution in [0.15, 0.2) is 6.20 Å². The van der Waals surface area contributed by atoms with Gasteiger partial charge >= 0.3 is 5.97 Å². The first kappa shape index (κ1) is 12.5. The maximum atomic E-state index is 12.4. The zero-order valence-corrected chi connectivity index (χ0v) is 11.2. The van der Waals surface area contributed by atoms with E-state index >= 15 is 0 Å². The Morgan fingerprint density at radius 2 is 2.16 bits per heavy atom. The van der Waals surface area contributed by atoms with Crippen molar-refractivity contribution in [3.8, 4) is 0 Å². The number of nitrogens with zero attached hydrogens (tertiary/aromatic N) is 3. The van der Waals surface area contributed by atoms with E-state index in [1.54, 1.807) is 4.90 Å². The minimum absolute atomic E-state index is 0.0593. The summed E-state index contributed by atoms with van der Waals surface area (Å²) in [7, 11) is 0. The number of carbonyl (C=O) groups is 2. The number of carbonyl (C=O) groups excluding carboxylic acids is 1. The van der Waals surface area contributed by atoms with Crippen molar-refractivity contribution < 1.29 is 14.7 Å². The number of rotatable bonds is 2. The van der Waals surface area contributed by atoms with E-state index in [4.69, 9.17) is 0 Å². The summed E-state index contributed by atoms with van der Waals surface area (Å²) in [6.45, 7) is 0. The molecular formula is C12H15N3O3S. The van der Waals surface area contributed by atoms with E-state index in [0.717, 1.165) is 37.4 Å². The maximum absolute atomic E-state index is 12.4. The standard InChI is InChI=1S/C12H15N3O3S/c16-11(8-6-13-19-14-8)15-9-4-2-1-3-7(9)5-10(15)12(17)18/h6-7,9-10H,1-5H2,(H,17,18)/t7-,9-,10+/m1/s1. The van der Waals surface area contributed by atoms with Crippen LogP contribution >= 0.6 is 11.7 Å². The Labute approximate surface area is 114 Å². The molecule has 1 aromatic rings. The van der Waals surface area contributed by atoms with Crippen LogP contribution in [-0.4, -0.2) is 42.7 Å². The molecule has 1 N–H and O–H groups in total. The smallest absolute Gasteiger partial charge is 0.326 e. The van der Waals surface area contributed by atoms with Gasteiger partial charge in [0.15, 0.2) is 5.69 Å². The zero-order valence-electron chi connectivity index (χ0n) is 10.4. The number of carboxylic acids is 1. The summed E-state index contributed by atoms with van der Waals surface area (Å²) in [5, 5.41) is 9.35. The molecular weight excluding hydrogens is 266 g/mol. The van der Waals surface area contributed by atoms with Crippen LogP contribution in [0.25, 0.3) is 0 Å². The Hall–Kier alpha value is -1.50. The fraction of sp³-hybridized carbons (Fsp3) is 0.667. The molecule has 102 valence electrons. The highest BCUT2D eigenvalue weighted by Gasteiger charge is 2.48. The van der Waals surface area contributed by atoms with Gasteiger partial charge in [-0.15, -0.1) is 0 Å². The predicted octanol–water partition coefficient (Wildman–Crippen LogP) is 1.40. The van der Waals surface area contributed by atoms with Gasteiger partial charge in [-0.1, -0.05) is 12.8 Å². The monoisotopic (exact) mass is 281 g/mol. The van der Waals surface area contributed by atoms with Gasteiger partial charge in [0.25, 0.3) is 5.91 Å². The molecule has 0 aromatic carbocycles. The number of amides is 1. The molecule has 1 aliphatic heterocycles. The van der Waals surface area contributed by atoms with Crippen LogP contribution in [-0.2, 0) is 4.79 Å². The SMILES string of the molecule is O=C(O)[C@@H]1C[C@H]2CCCC[C@H]2N1C(=O)c1cnsn1. The molecule has 1 amide bonds. The fourth-order valence-electron chi connectivity index (χ4n) is 3.36. The quantitative estimate of drug-likeness (QED) is 0.885. The third-order valence-corrected chi connectivity index (χ3v) is 4.67. The summed E-state index contributed by atoms with van der Waals surface area (Å²) in [6.07, 6.45) is 6.11. The number of fused-ring (bicyclic) bond motifs is 1. The van der Waals surface area contributed by atoms with E-state index in [0.29, 0.717) is 12.3 Å². The Bertz CT molecular complexity index is 490. The molecule has 2 heterocycles. The fourth-order valence-corrected chi connectivity index (χ4v) is 3.77. The van der Waals surface area contributed by atoms with E-state index in [2.05, 4.69) is 8.75 Å². The van der Waals surface area contributed by atoms with Crippen molar-refractivity contribution in [3.63, 3.8) is 0 Å². The molecule has 1 aromatic heterocycles. The number of aromatic nitrogens is 2. The average molecular weight is 281 g/mol. The summed E-state index contributed by atoms with van der Waals surface area (Å²) >= 11 is 0.971. The van der Waals surface area contributed by atoms with Crippen LogP contribution in [0, 0.1) is 5.92 Å². The maximum Gasteiger partial charge on any atom is 0.326 e. The molecule has 1 aliphatic carbocycles. The molecule has 3 rings (SSSR count). The van der Waals surface area contributed by atoms with Crippen molar-refractivity contribution in [3.05, 3.63) is 11.9 Å². The topological polar surface area (TPSA) is 83.4 Å². The first-order valence-electron chi connectivity index (χ1n) is 6.51. The first-order chi connectivity index (χ1) is 9.18. The van der Waals surface area contributed by atoms with E-state index in [1.165, 1.54) is 6.20 Å². The Morgan fingerprint density at radius 1 is 1.37 bits per heavy atom. The molecule has 1 saturated heterocycles. The molecule has 0 bridgehead atoms. The van der Waals surface area contributed by atoms with E-state index in [1.807, 2.05) is 0 Å². The molecule has 1 saturated carbocycles. The summed E-state index contributed by atoms with van der Waals surface area (Å²) in [5.41, 5.74) is 0.266. The lowest BCUT2D eigenvalue weighted by molar-refractivity contribution is -0.141. The van der Waals surface area contributed by atoms with Crippen LogP contribution in [0.2, 0.25) is 0 Å². The van der Waals surface area contributed by atoms with Gasteiger partial charge in [-0.25, -0.2) is 4.79 Å². The largest absolute Gasteiger partial charge is 0.480 e. The molecule has 2 aliphatic rings. The predicted molar refractivity (Wildman–Crippen MR) is 67.9 cm³/mol. The lowest BCUT2D eigenvalue weighted by atomic mass is 9.84. The number of likely N-dealkylation sites (tertiary alicyclic amines) is 1. The van der Waals surface area contributed by atoms with Crippen LogP contribution in [0.5, 0.6) is 0 Å². The molecule has 0 spiro atoms. The van der Waals surface area contributed by atoms with E-state index in [-0.39, 0.29) is 17.6 Å². The second-order valence-electron chi connectivity index (χ2n) is 5.21. The normalized spacial score (nSPS) is 30.1. The highest BCUT2D eigenvalue weighted by molar-refractivity contribution is 6.99. The third-order valence-electron chi connectivity index (χ3n) is 4.19. The van der Waals surface area contributed by atoms with Crippen molar-refractivity contribution in [2.75, 3.05) is 0 Å². The number of aliphatic carboxylic acids is 1. The van der Waals surface area contributed by atoms with Gasteiger partial charge in [-0.05, 0) is 25.2 Å². The van der Waals surface area contributed by atoms with Gasteiger partial charge in [-0.2, -0.15) is 8.75 Å². The molecule has 6 nitrogen and oxygen atoms in total. The van der Waals surface area contributed by atoms with Gasteiger partial charge in [0, 0.05) is 6.04 Å². The Balaban J connectivity index is 1.90. The van der Waals surface area contributed by atoms with Crippen molar-refractivity contribution in [1.82, 2.24) is 13.6 Å². The van der Waals surface area contributed by atoms with Crippen molar-refractivity contribution in [2.24, 2.45) is 5.92 Å². The average Bonchev–Trinajstić information content (AvgIpc) is 3.05. The zero-order chi connectivity index (χ0) is 13.4. The molecule has 0 unspecified atom stereocenters. The second-order valence-corrected chi connectivity index (χ2v) is 5.76. The van der Waals surface area contributed by atoms with Crippen molar-refractivity contribution in [2.45, 2.75) is 44.2 Å². The third kappa shape index (κ3) is 2.11. The van der Waals surface area contributed by atoms with Crippen molar-refractivity contribution in [1.29, 1.82) is 0 Å². The lowest BCUT2D eigenvalue weighted by Gasteiger charge is -2.32. The minimum Gasteiger partial charge on any atom is -0.480 e. The van der Waals surface area contributed by atoms with Gasteiger partial charge in [0.2, 0.25) is 0 Å². The molecule has 2 fully saturated rings. The summed E-state index contributed by atoms with van der Waals surface area (Å²) < 4.78 is 7.76. The summed E-state index contributed by atoms with van der Waals surface area (Å²) in [4.78, 5) is 25.4. The molecule has 3 atom stereocenters. The number of carboxylic acid groups (broad SMARTS) is 1. The molecule has 7 heteroatoms. The van der Waals surface area contributed by atoms with Gasteiger partial charge in [0.1, 0.15) is 6.04 Å². The van der Waals surface area contributed by atoms with Gasteiger partial charge < -0.3 is 10.0 Å². The number of hydrogen-bond donors (Lipinski definition) is 1. The van der Waals surface area contributed by atoms with Crippen molar-refractivity contribution >= 4 is 23.6 Å². The van der Waals surface area contributed by atoms with Gasteiger partial charge in [-0.3, -0.25) is 4.79 Å².